The van der Waals surface area contributed by atoms with Gasteiger partial charge in [0.15, 0.2) is 0 Å². The normalized spacial score (nSPS) is 18.9. The van der Waals surface area contributed by atoms with Gasteiger partial charge in [0.05, 0.1) is 12.2 Å². The highest BCUT2D eigenvalue weighted by atomic mass is 16.6. The molecule has 0 radical (unpaired) electrons. The molecule has 240 valence electrons. The number of aliphatic hydroxyl groups is 1. The van der Waals surface area contributed by atoms with Gasteiger partial charge in [0.1, 0.15) is 25.5 Å². The van der Waals surface area contributed by atoms with Crippen molar-refractivity contribution in [3.8, 4) is 0 Å². The lowest BCUT2D eigenvalue weighted by molar-refractivity contribution is -0.157. The molecule has 2 saturated heterocycles. The highest BCUT2D eigenvalue weighted by Gasteiger charge is 2.31. The van der Waals surface area contributed by atoms with Crippen molar-refractivity contribution in [2.24, 2.45) is 0 Å². The molecule has 5 unspecified atom stereocenters. The molecule has 0 spiro atoms. The molecule has 0 aromatic heterocycles. The second-order valence-corrected chi connectivity index (χ2v) is 11.1. The van der Waals surface area contributed by atoms with Gasteiger partial charge in [-0.3, -0.25) is 24.0 Å². The molecule has 12 heteroatoms. The summed E-state index contributed by atoms with van der Waals surface area (Å²) in [5.41, 5.74) is 0. The van der Waals surface area contributed by atoms with Crippen molar-refractivity contribution >= 4 is 29.7 Å². The largest absolute Gasteiger partial charge is 0.462 e. The fraction of sp³-hybridized carbons (Fsp3) is 0.833. The first-order valence-corrected chi connectivity index (χ1v) is 15.4. The molecule has 2 aliphatic heterocycles. The maximum absolute atomic E-state index is 12.4. The maximum atomic E-state index is 12.4. The van der Waals surface area contributed by atoms with Crippen molar-refractivity contribution in [2.75, 3.05) is 26.3 Å². The molecule has 0 bridgehead atoms. The fourth-order valence-electron chi connectivity index (χ4n) is 5.53. The zero-order valence-corrected chi connectivity index (χ0v) is 25.7. The van der Waals surface area contributed by atoms with Gasteiger partial charge in [-0.25, -0.2) is 0 Å². The van der Waals surface area contributed by atoms with Crippen molar-refractivity contribution in [3.05, 3.63) is 0 Å². The average molecular weight is 599 g/mol. The number of carbonyl (C=O) groups excluding carboxylic acids is 5. The number of ether oxygens (including phenoxy) is 4. The number of esters is 3. The zero-order valence-electron chi connectivity index (χ0n) is 25.7. The third kappa shape index (κ3) is 12.6. The van der Waals surface area contributed by atoms with Gasteiger partial charge in [0.25, 0.3) is 0 Å². The second-order valence-electron chi connectivity index (χ2n) is 11.1. The van der Waals surface area contributed by atoms with Crippen LogP contribution in [0.4, 0.5) is 0 Å². The standard InChI is InChI=1S/C30H50N2O10/c1-5-23(31-15-7-9-26(31)35)11-13-29(37)39-17-18-40-30(38)14-12-28(32-16-8-10-27(32)36)41-21(3)19-24(34)20-25(6-2)42-22(4)33/h21,23-25,28,34H,5-20H2,1-4H3. The summed E-state index contributed by atoms with van der Waals surface area (Å²) in [4.78, 5) is 63.6. The second kappa shape index (κ2) is 18.7. The number of carbonyl (C=O) groups is 5. The number of amides is 2. The van der Waals surface area contributed by atoms with Gasteiger partial charge in [-0.1, -0.05) is 13.8 Å². The monoisotopic (exact) mass is 598 g/mol. The summed E-state index contributed by atoms with van der Waals surface area (Å²) >= 11 is 0. The van der Waals surface area contributed by atoms with E-state index < -0.39 is 36.3 Å². The predicted molar refractivity (Wildman–Crippen MR) is 152 cm³/mol. The van der Waals surface area contributed by atoms with E-state index in [9.17, 15) is 29.1 Å². The third-order valence-electron chi connectivity index (χ3n) is 7.68. The zero-order chi connectivity index (χ0) is 31.1. The summed E-state index contributed by atoms with van der Waals surface area (Å²) in [5.74, 6) is -1.20. The van der Waals surface area contributed by atoms with Crippen molar-refractivity contribution in [1.82, 2.24) is 9.80 Å². The molecule has 42 heavy (non-hydrogen) atoms. The van der Waals surface area contributed by atoms with E-state index in [4.69, 9.17) is 18.9 Å². The van der Waals surface area contributed by atoms with Crippen LogP contribution in [0.1, 0.15) is 105 Å². The Morgan fingerprint density at radius 1 is 0.857 bits per heavy atom. The van der Waals surface area contributed by atoms with E-state index in [1.165, 1.54) is 6.92 Å². The first-order valence-electron chi connectivity index (χ1n) is 15.4. The molecule has 2 fully saturated rings. The van der Waals surface area contributed by atoms with Crippen molar-refractivity contribution in [3.63, 3.8) is 0 Å². The summed E-state index contributed by atoms with van der Waals surface area (Å²) in [5, 5.41) is 10.5. The summed E-state index contributed by atoms with van der Waals surface area (Å²) in [6.45, 7) is 8.12. The Balaban J connectivity index is 1.72. The van der Waals surface area contributed by atoms with E-state index in [1.54, 1.807) is 11.8 Å². The van der Waals surface area contributed by atoms with Crippen LogP contribution < -0.4 is 0 Å². The van der Waals surface area contributed by atoms with Gasteiger partial charge in [-0.15, -0.1) is 0 Å². The van der Waals surface area contributed by atoms with Crippen LogP contribution in [-0.2, 0) is 42.9 Å². The molecule has 2 rings (SSSR count). The Labute approximate surface area is 249 Å². The minimum Gasteiger partial charge on any atom is -0.462 e. The van der Waals surface area contributed by atoms with Crippen LogP contribution in [-0.4, -0.2) is 102 Å². The van der Waals surface area contributed by atoms with Crippen LogP contribution in [0, 0.1) is 0 Å². The summed E-state index contributed by atoms with van der Waals surface area (Å²) < 4.78 is 21.7. The average Bonchev–Trinajstić information content (AvgIpc) is 3.56. The van der Waals surface area contributed by atoms with Crippen LogP contribution in [0.25, 0.3) is 0 Å². The van der Waals surface area contributed by atoms with Crippen molar-refractivity contribution in [1.29, 1.82) is 0 Å². The maximum Gasteiger partial charge on any atom is 0.306 e. The molecule has 5 atom stereocenters. The van der Waals surface area contributed by atoms with E-state index in [1.807, 2.05) is 18.7 Å². The van der Waals surface area contributed by atoms with E-state index in [-0.39, 0.29) is 69.3 Å². The first-order chi connectivity index (χ1) is 20.0. The van der Waals surface area contributed by atoms with Gasteiger partial charge in [0.2, 0.25) is 11.8 Å². The number of rotatable bonds is 20. The molecule has 2 heterocycles. The van der Waals surface area contributed by atoms with Gasteiger partial charge < -0.3 is 33.9 Å². The van der Waals surface area contributed by atoms with E-state index in [0.29, 0.717) is 38.6 Å². The number of hydrogen-bond acceptors (Lipinski definition) is 10. The Morgan fingerprint density at radius 3 is 1.93 bits per heavy atom. The smallest absolute Gasteiger partial charge is 0.306 e. The predicted octanol–water partition coefficient (Wildman–Crippen LogP) is 2.87. The molecular weight excluding hydrogens is 548 g/mol. The Hall–Kier alpha value is -2.73. The summed E-state index contributed by atoms with van der Waals surface area (Å²) in [6.07, 6.45) is 3.21. The minimum atomic E-state index is -0.762. The molecule has 0 aromatic carbocycles. The molecule has 0 saturated carbocycles. The lowest BCUT2D eigenvalue weighted by Crippen LogP contribution is -2.41. The topological polar surface area (TPSA) is 149 Å². The van der Waals surface area contributed by atoms with Crippen LogP contribution in [0.15, 0.2) is 0 Å². The van der Waals surface area contributed by atoms with E-state index in [0.717, 1.165) is 19.4 Å². The molecule has 2 aliphatic rings. The number of hydrogen-bond donors (Lipinski definition) is 1. The molecular formula is C30H50N2O10. The molecule has 0 aromatic rings. The third-order valence-corrected chi connectivity index (χ3v) is 7.68. The van der Waals surface area contributed by atoms with Crippen LogP contribution >= 0.6 is 0 Å². The van der Waals surface area contributed by atoms with E-state index >= 15 is 0 Å². The molecule has 12 nitrogen and oxygen atoms in total. The Kier molecular flexibility index (Phi) is 15.8. The number of aliphatic hydroxyl groups excluding tert-OH is 1. The van der Waals surface area contributed by atoms with Crippen LogP contribution in [0.5, 0.6) is 0 Å². The van der Waals surface area contributed by atoms with Gasteiger partial charge in [-0.05, 0) is 45.4 Å². The fourth-order valence-corrected chi connectivity index (χ4v) is 5.53. The van der Waals surface area contributed by atoms with Gasteiger partial charge in [0, 0.05) is 64.6 Å². The van der Waals surface area contributed by atoms with Crippen molar-refractivity contribution in [2.45, 2.75) is 135 Å². The lowest BCUT2D eigenvalue weighted by Gasteiger charge is -2.31. The Bertz CT molecular complexity index is 897. The number of nitrogens with zero attached hydrogens (tertiary/aromatic N) is 2. The number of likely N-dealkylation sites (tertiary alicyclic amines) is 2. The van der Waals surface area contributed by atoms with Gasteiger partial charge >= 0.3 is 17.9 Å². The van der Waals surface area contributed by atoms with Crippen LogP contribution in [0.3, 0.4) is 0 Å². The van der Waals surface area contributed by atoms with Crippen LogP contribution in [0.2, 0.25) is 0 Å². The SMILES string of the molecule is CCC(CC(O)CC(C)OC(CCC(=O)OCCOC(=O)CCC(CC)N1CCCC1=O)N1CCCC1=O)OC(C)=O. The first kappa shape index (κ1) is 35.5. The van der Waals surface area contributed by atoms with Crippen molar-refractivity contribution < 1.29 is 48.0 Å². The quantitative estimate of drug-likeness (QED) is 0.126. The summed E-state index contributed by atoms with van der Waals surface area (Å²) in [6, 6.07) is 0.0306. The highest BCUT2D eigenvalue weighted by molar-refractivity contribution is 5.79. The van der Waals surface area contributed by atoms with E-state index in [2.05, 4.69) is 0 Å². The minimum absolute atomic E-state index is 0.00404. The molecule has 0 aliphatic carbocycles. The molecule has 2 amide bonds. The Morgan fingerprint density at radius 2 is 1.43 bits per heavy atom. The lowest BCUT2D eigenvalue weighted by atomic mass is 10.0. The molecule has 1 N–H and O–H groups in total. The highest BCUT2D eigenvalue weighted by Crippen LogP contribution is 2.22. The summed E-state index contributed by atoms with van der Waals surface area (Å²) in [7, 11) is 0. The van der Waals surface area contributed by atoms with Gasteiger partial charge in [-0.2, -0.15) is 0 Å².